The summed E-state index contributed by atoms with van der Waals surface area (Å²) in [6, 6.07) is 11.7. The molecule has 7 nitrogen and oxygen atoms in total. The van der Waals surface area contributed by atoms with Crippen molar-refractivity contribution < 1.29 is 22.7 Å². The Morgan fingerprint density at radius 3 is 2.65 bits per heavy atom. The number of nitrogens with one attached hydrogen (secondary N) is 3. The molecule has 0 unspecified atom stereocenters. The Labute approximate surface area is 175 Å². The molecule has 0 spiro atoms. The number of nitrogens with zero attached hydrogens (tertiary/aromatic N) is 2. The van der Waals surface area contributed by atoms with E-state index in [0.717, 1.165) is 17.4 Å². The van der Waals surface area contributed by atoms with Gasteiger partial charge < -0.3 is 20.7 Å². The molecule has 1 aliphatic heterocycles. The molecule has 160 valence electrons. The van der Waals surface area contributed by atoms with Crippen LogP contribution in [0.4, 0.5) is 42.0 Å². The molecule has 0 saturated carbocycles. The lowest BCUT2D eigenvalue weighted by molar-refractivity contribution is -0.137. The molecule has 0 aliphatic carbocycles. The molecule has 1 amide bonds. The molecule has 0 fully saturated rings. The third kappa shape index (κ3) is 4.68. The first-order valence-corrected chi connectivity index (χ1v) is 9.37. The van der Waals surface area contributed by atoms with Crippen LogP contribution >= 0.6 is 0 Å². The average molecular weight is 429 g/mol. The predicted octanol–water partition coefficient (Wildman–Crippen LogP) is 4.88. The minimum atomic E-state index is -4.64. The highest BCUT2D eigenvalue weighted by molar-refractivity contribution is 5.94. The predicted molar refractivity (Wildman–Crippen MR) is 110 cm³/mol. The van der Waals surface area contributed by atoms with Crippen molar-refractivity contribution in [2.45, 2.75) is 19.0 Å². The summed E-state index contributed by atoms with van der Waals surface area (Å²) in [5, 5.41) is 8.40. The van der Waals surface area contributed by atoms with Crippen LogP contribution in [0.15, 0.2) is 48.7 Å². The Balaban J connectivity index is 1.63. The van der Waals surface area contributed by atoms with Gasteiger partial charge in [-0.05, 0) is 42.3 Å². The molecule has 1 aromatic heterocycles. The summed E-state index contributed by atoms with van der Waals surface area (Å²) < 4.78 is 45.5. The molecule has 3 N–H and O–H groups in total. The van der Waals surface area contributed by atoms with Gasteiger partial charge in [0.05, 0.1) is 7.11 Å². The number of carbonyl (C=O) groups excluding carboxylic acids is 1. The van der Waals surface area contributed by atoms with E-state index in [-0.39, 0.29) is 17.7 Å². The number of benzene rings is 2. The number of ether oxygens (including phenoxy) is 1. The molecule has 4 rings (SSSR count). The fourth-order valence-corrected chi connectivity index (χ4v) is 3.17. The number of hydrogen-bond donors (Lipinski definition) is 3. The van der Waals surface area contributed by atoms with E-state index >= 15 is 0 Å². The highest BCUT2D eigenvalue weighted by Gasteiger charge is 2.35. The third-order valence-corrected chi connectivity index (χ3v) is 4.68. The molecule has 31 heavy (non-hydrogen) atoms. The minimum Gasteiger partial charge on any atom is -0.497 e. The molecule has 0 saturated heterocycles. The second-order valence-electron chi connectivity index (χ2n) is 6.86. The Morgan fingerprint density at radius 1 is 1.06 bits per heavy atom. The lowest BCUT2D eigenvalue weighted by atomic mass is 10.0. The van der Waals surface area contributed by atoms with Crippen molar-refractivity contribution in [2.75, 3.05) is 23.1 Å². The monoisotopic (exact) mass is 429 g/mol. The van der Waals surface area contributed by atoms with E-state index in [9.17, 15) is 18.0 Å². The molecule has 0 radical (unpaired) electrons. The largest absolute Gasteiger partial charge is 0.497 e. The summed E-state index contributed by atoms with van der Waals surface area (Å²) in [5.41, 5.74) is 1.64. The van der Waals surface area contributed by atoms with Gasteiger partial charge in [-0.2, -0.15) is 18.2 Å². The van der Waals surface area contributed by atoms with Gasteiger partial charge >= 0.3 is 6.18 Å². The van der Waals surface area contributed by atoms with Crippen molar-refractivity contribution >= 4 is 34.7 Å². The van der Waals surface area contributed by atoms with E-state index in [1.807, 2.05) is 6.07 Å². The smallest absolute Gasteiger partial charge is 0.421 e. The molecule has 0 bridgehead atoms. The first-order valence-electron chi connectivity index (χ1n) is 9.37. The van der Waals surface area contributed by atoms with Crippen LogP contribution in [0.5, 0.6) is 5.75 Å². The number of aryl methyl sites for hydroxylation is 1. The van der Waals surface area contributed by atoms with Crippen LogP contribution in [0.25, 0.3) is 0 Å². The highest BCUT2D eigenvalue weighted by atomic mass is 19.4. The fourth-order valence-electron chi connectivity index (χ4n) is 3.17. The van der Waals surface area contributed by atoms with Gasteiger partial charge in [-0.1, -0.05) is 6.07 Å². The fraction of sp³-hybridized carbons (Fsp3) is 0.190. The molecular formula is C21H18F3N5O2. The van der Waals surface area contributed by atoms with Gasteiger partial charge in [-0.3, -0.25) is 4.79 Å². The van der Waals surface area contributed by atoms with Crippen molar-refractivity contribution in [2.24, 2.45) is 0 Å². The van der Waals surface area contributed by atoms with Crippen molar-refractivity contribution in [3.05, 3.63) is 59.8 Å². The Morgan fingerprint density at radius 2 is 1.87 bits per heavy atom. The quantitative estimate of drug-likeness (QED) is 0.536. The van der Waals surface area contributed by atoms with E-state index in [4.69, 9.17) is 4.74 Å². The number of aromatic nitrogens is 2. The lowest BCUT2D eigenvalue weighted by Gasteiger charge is -2.18. The highest BCUT2D eigenvalue weighted by Crippen LogP contribution is 2.36. The number of alkyl halides is 3. The summed E-state index contributed by atoms with van der Waals surface area (Å²) in [7, 11) is 1.47. The van der Waals surface area contributed by atoms with Crippen molar-refractivity contribution in [1.29, 1.82) is 0 Å². The van der Waals surface area contributed by atoms with Gasteiger partial charge in [-0.25, -0.2) is 4.98 Å². The maximum atomic E-state index is 13.5. The van der Waals surface area contributed by atoms with Crippen LogP contribution < -0.4 is 20.7 Å². The standard InChI is InChI=1S/C21H18F3N5O2/c1-31-15-4-2-3-13(10-15)26-19-16(21(22,23)24)11-25-20(29-19)27-14-6-7-17-12(9-14)5-8-18(30)28-17/h2-4,6-7,9-11H,5,8H2,1H3,(H,28,30)(H2,25,26,27,29). The number of carbonyl (C=O) groups is 1. The minimum absolute atomic E-state index is 0.00167. The van der Waals surface area contributed by atoms with E-state index in [0.29, 0.717) is 30.0 Å². The molecule has 2 heterocycles. The molecule has 1 aliphatic rings. The molecular weight excluding hydrogens is 411 g/mol. The van der Waals surface area contributed by atoms with Gasteiger partial charge in [0.25, 0.3) is 0 Å². The van der Waals surface area contributed by atoms with Gasteiger partial charge in [0, 0.05) is 35.7 Å². The number of rotatable bonds is 5. The van der Waals surface area contributed by atoms with Crippen molar-refractivity contribution in [1.82, 2.24) is 9.97 Å². The molecule has 3 aromatic rings. The topological polar surface area (TPSA) is 88.2 Å². The summed E-state index contributed by atoms with van der Waals surface area (Å²) >= 11 is 0. The van der Waals surface area contributed by atoms with Gasteiger partial charge in [0.15, 0.2) is 0 Å². The SMILES string of the molecule is COc1cccc(Nc2nc(Nc3ccc4c(c3)CCC(=O)N4)ncc2C(F)(F)F)c1. The van der Waals surface area contributed by atoms with Crippen LogP contribution in [-0.2, 0) is 17.4 Å². The van der Waals surface area contributed by atoms with Crippen molar-refractivity contribution in [3.63, 3.8) is 0 Å². The van der Waals surface area contributed by atoms with E-state index in [1.54, 1.807) is 36.4 Å². The second kappa shape index (κ2) is 8.13. The zero-order valence-electron chi connectivity index (χ0n) is 16.4. The van der Waals surface area contributed by atoms with Gasteiger partial charge in [0.2, 0.25) is 11.9 Å². The number of methoxy groups -OCH3 is 1. The molecule has 0 atom stereocenters. The van der Waals surface area contributed by atoms with E-state index in [2.05, 4.69) is 25.9 Å². The number of amides is 1. The summed E-state index contributed by atoms with van der Waals surface area (Å²) in [6.07, 6.45) is -2.95. The van der Waals surface area contributed by atoms with Crippen LogP contribution in [0.2, 0.25) is 0 Å². The number of hydrogen-bond acceptors (Lipinski definition) is 6. The third-order valence-electron chi connectivity index (χ3n) is 4.68. The summed E-state index contributed by atoms with van der Waals surface area (Å²) in [4.78, 5) is 19.4. The molecule has 10 heteroatoms. The average Bonchev–Trinajstić information content (AvgIpc) is 2.73. The Hall–Kier alpha value is -3.82. The maximum Gasteiger partial charge on any atom is 0.421 e. The first-order chi connectivity index (χ1) is 14.8. The van der Waals surface area contributed by atoms with Crippen molar-refractivity contribution in [3.8, 4) is 5.75 Å². The lowest BCUT2D eigenvalue weighted by Crippen LogP contribution is -2.18. The number of halogens is 3. The zero-order chi connectivity index (χ0) is 22.0. The first kappa shape index (κ1) is 20.5. The van der Waals surface area contributed by atoms with Gasteiger partial charge in [-0.15, -0.1) is 0 Å². The van der Waals surface area contributed by atoms with Crippen LogP contribution in [0.3, 0.4) is 0 Å². The Bertz CT molecular complexity index is 1130. The zero-order valence-corrected chi connectivity index (χ0v) is 16.4. The molecule has 2 aromatic carbocycles. The summed E-state index contributed by atoms with van der Waals surface area (Å²) in [6.45, 7) is 0. The summed E-state index contributed by atoms with van der Waals surface area (Å²) in [5.74, 6) is 0.0568. The normalized spacial score (nSPS) is 13.2. The van der Waals surface area contributed by atoms with E-state index < -0.39 is 11.7 Å². The van der Waals surface area contributed by atoms with Crippen LogP contribution in [-0.4, -0.2) is 23.0 Å². The number of anilines is 5. The van der Waals surface area contributed by atoms with Crippen LogP contribution in [0.1, 0.15) is 17.5 Å². The second-order valence-corrected chi connectivity index (χ2v) is 6.86. The van der Waals surface area contributed by atoms with Crippen LogP contribution in [0, 0.1) is 0 Å². The number of fused-ring (bicyclic) bond motifs is 1. The maximum absolute atomic E-state index is 13.5. The Kier molecular flexibility index (Phi) is 5.37. The van der Waals surface area contributed by atoms with Gasteiger partial charge in [0.1, 0.15) is 17.1 Å². The van der Waals surface area contributed by atoms with E-state index in [1.165, 1.54) is 7.11 Å².